The third-order valence-electron chi connectivity index (χ3n) is 4.90. The zero-order chi connectivity index (χ0) is 25.4. The predicted octanol–water partition coefficient (Wildman–Crippen LogP) is 3.41. The highest BCUT2D eigenvalue weighted by Crippen LogP contribution is 2.35. The van der Waals surface area contributed by atoms with Crippen molar-refractivity contribution in [1.82, 2.24) is 9.80 Å². The van der Waals surface area contributed by atoms with Crippen LogP contribution in [0.4, 0.5) is 26.3 Å². The van der Waals surface area contributed by atoms with Crippen LogP contribution in [0.3, 0.4) is 0 Å². The summed E-state index contributed by atoms with van der Waals surface area (Å²) in [7, 11) is 4.28. The van der Waals surface area contributed by atoms with E-state index in [0.717, 1.165) is 31.5 Å². The normalized spacial score (nSPS) is 23.1. The van der Waals surface area contributed by atoms with Crippen LogP contribution in [0.5, 0.6) is 0 Å². The van der Waals surface area contributed by atoms with Crippen molar-refractivity contribution in [3.05, 3.63) is 22.4 Å². The fraction of sp³-hybridized carbons (Fsp3) is 0.684. The van der Waals surface area contributed by atoms with Crippen molar-refractivity contribution in [3.8, 4) is 0 Å². The molecule has 190 valence electrons. The molecular weight excluding hydrogens is 482 g/mol. The molecule has 0 aliphatic carbocycles. The molecule has 7 nitrogen and oxygen atoms in total. The van der Waals surface area contributed by atoms with Gasteiger partial charge in [0.05, 0.1) is 12.7 Å². The molecule has 33 heavy (non-hydrogen) atoms. The number of rotatable bonds is 4. The maximum Gasteiger partial charge on any atom is 0.490 e. The molecule has 0 radical (unpaired) electrons. The lowest BCUT2D eigenvalue weighted by molar-refractivity contribution is -0.193. The first kappa shape index (κ1) is 29.1. The van der Waals surface area contributed by atoms with Gasteiger partial charge in [0, 0.05) is 25.6 Å². The van der Waals surface area contributed by atoms with E-state index >= 15 is 0 Å². The van der Waals surface area contributed by atoms with E-state index in [1.54, 1.807) is 11.3 Å². The minimum Gasteiger partial charge on any atom is -0.475 e. The summed E-state index contributed by atoms with van der Waals surface area (Å²) >= 11 is 1.80. The monoisotopic (exact) mass is 508 g/mol. The third-order valence-corrected chi connectivity index (χ3v) is 5.63. The number of halogens is 6. The van der Waals surface area contributed by atoms with Gasteiger partial charge in [-0.1, -0.05) is 0 Å². The number of nitrogens with zero attached hydrogens (tertiary/aromatic N) is 2. The topological polar surface area (TPSA) is 90.3 Å². The van der Waals surface area contributed by atoms with Crippen LogP contribution in [0.15, 0.2) is 16.8 Å². The number of alkyl halides is 6. The zero-order valence-electron chi connectivity index (χ0n) is 17.9. The summed E-state index contributed by atoms with van der Waals surface area (Å²) in [6, 6.07) is 2.25. The first-order chi connectivity index (χ1) is 15.1. The maximum atomic E-state index is 10.6. The van der Waals surface area contributed by atoms with Crippen LogP contribution in [0.1, 0.15) is 12.0 Å². The molecule has 0 aromatic carbocycles. The van der Waals surface area contributed by atoms with Crippen LogP contribution in [0, 0.1) is 11.8 Å². The lowest BCUT2D eigenvalue weighted by atomic mass is 9.84. The second-order valence-electron chi connectivity index (χ2n) is 7.82. The summed E-state index contributed by atoms with van der Waals surface area (Å²) in [5, 5.41) is 18.7. The minimum absolute atomic E-state index is 0.461. The second-order valence-corrected chi connectivity index (χ2v) is 8.60. The molecule has 2 aliphatic heterocycles. The molecule has 2 aliphatic rings. The third kappa shape index (κ3) is 10.7. The number of carboxylic acid groups (broad SMARTS) is 2. The highest BCUT2D eigenvalue weighted by Gasteiger charge is 2.41. The standard InChI is InChI=1S/C15H24N2OS.2C2HF3O2/c1-16(2)9-15-14-3-5-17(8-13(14)10-18-15)7-12-4-6-19-11-12;2*3-2(4,5)1(6)7/h4,6,11,13-15H,3,5,7-10H2,1-2H3;2*(H,6,7)/t13-,14-,15+;;/m1../s1. The molecule has 3 heterocycles. The SMILES string of the molecule is CN(C)C[C@@H]1OC[C@H]2CN(Cc3ccsc3)CC[C@H]21.O=C(O)C(F)(F)F.O=C(O)C(F)(F)F. The van der Waals surface area contributed by atoms with Gasteiger partial charge in [0.2, 0.25) is 0 Å². The van der Waals surface area contributed by atoms with E-state index in [2.05, 4.69) is 40.7 Å². The van der Waals surface area contributed by atoms with Crippen molar-refractivity contribution in [1.29, 1.82) is 0 Å². The molecule has 0 unspecified atom stereocenters. The number of aliphatic carboxylic acids is 2. The summed E-state index contributed by atoms with van der Waals surface area (Å²) in [5.41, 5.74) is 1.47. The fourth-order valence-electron chi connectivity index (χ4n) is 3.49. The van der Waals surface area contributed by atoms with E-state index in [1.165, 1.54) is 25.1 Å². The lowest BCUT2D eigenvalue weighted by Gasteiger charge is -2.36. The second kappa shape index (κ2) is 12.5. The summed E-state index contributed by atoms with van der Waals surface area (Å²) in [4.78, 5) is 22.6. The molecule has 0 saturated carbocycles. The summed E-state index contributed by atoms with van der Waals surface area (Å²) in [6.45, 7) is 5.59. The van der Waals surface area contributed by atoms with Crippen molar-refractivity contribution in [2.45, 2.75) is 31.4 Å². The van der Waals surface area contributed by atoms with E-state index < -0.39 is 24.3 Å². The van der Waals surface area contributed by atoms with Gasteiger partial charge in [0.25, 0.3) is 0 Å². The van der Waals surface area contributed by atoms with Gasteiger partial charge in [-0.2, -0.15) is 37.7 Å². The van der Waals surface area contributed by atoms with E-state index in [1.807, 2.05) is 0 Å². The highest BCUT2D eigenvalue weighted by molar-refractivity contribution is 7.07. The average molecular weight is 508 g/mol. The Morgan fingerprint density at radius 1 is 1.15 bits per heavy atom. The first-order valence-corrected chi connectivity index (χ1v) is 10.7. The Hall–Kier alpha value is -1.90. The Balaban J connectivity index is 0.000000324. The van der Waals surface area contributed by atoms with Crippen molar-refractivity contribution in [2.24, 2.45) is 11.8 Å². The summed E-state index contributed by atoms with van der Waals surface area (Å²) in [5.74, 6) is -3.99. The molecule has 0 spiro atoms. The van der Waals surface area contributed by atoms with Gasteiger partial charge in [-0.3, -0.25) is 4.90 Å². The molecule has 0 amide bonds. The molecular formula is C19H26F6N2O5S. The molecule has 14 heteroatoms. The van der Waals surface area contributed by atoms with E-state index in [0.29, 0.717) is 6.10 Å². The number of hydrogen-bond acceptors (Lipinski definition) is 6. The van der Waals surface area contributed by atoms with Gasteiger partial charge in [-0.05, 0) is 55.4 Å². The van der Waals surface area contributed by atoms with Crippen molar-refractivity contribution in [2.75, 3.05) is 40.3 Å². The van der Waals surface area contributed by atoms with E-state index in [4.69, 9.17) is 24.5 Å². The van der Waals surface area contributed by atoms with Crippen LogP contribution in [0.2, 0.25) is 0 Å². The summed E-state index contributed by atoms with van der Waals surface area (Å²) < 4.78 is 69.5. The molecule has 2 fully saturated rings. The van der Waals surface area contributed by atoms with Gasteiger partial charge in [-0.25, -0.2) is 9.59 Å². The van der Waals surface area contributed by atoms with Gasteiger partial charge in [-0.15, -0.1) is 0 Å². The van der Waals surface area contributed by atoms with E-state index in [9.17, 15) is 26.3 Å². The van der Waals surface area contributed by atoms with Crippen LogP contribution in [-0.2, 0) is 20.9 Å². The Labute approximate surface area is 190 Å². The predicted molar refractivity (Wildman–Crippen MR) is 107 cm³/mol. The fourth-order valence-corrected chi connectivity index (χ4v) is 4.15. The lowest BCUT2D eigenvalue weighted by Crippen LogP contribution is -2.42. The molecule has 3 atom stereocenters. The first-order valence-electron chi connectivity index (χ1n) is 9.71. The number of piperidine rings is 1. The number of likely N-dealkylation sites (tertiary alicyclic amines) is 1. The highest BCUT2D eigenvalue weighted by atomic mass is 32.1. The van der Waals surface area contributed by atoms with Gasteiger partial charge >= 0.3 is 24.3 Å². The molecule has 1 aromatic rings. The largest absolute Gasteiger partial charge is 0.490 e. The Morgan fingerprint density at radius 3 is 2.12 bits per heavy atom. The number of ether oxygens (including phenoxy) is 1. The summed E-state index contributed by atoms with van der Waals surface area (Å²) in [6.07, 6.45) is -8.41. The van der Waals surface area contributed by atoms with Crippen LogP contribution in [-0.4, -0.2) is 90.7 Å². The van der Waals surface area contributed by atoms with Crippen molar-refractivity contribution < 1.29 is 50.9 Å². The Bertz CT molecular complexity index is 718. The molecule has 2 N–H and O–H groups in total. The number of carbonyl (C=O) groups is 2. The van der Waals surface area contributed by atoms with Crippen LogP contribution >= 0.6 is 11.3 Å². The molecule has 3 rings (SSSR count). The zero-order valence-corrected chi connectivity index (χ0v) is 18.7. The van der Waals surface area contributed by atoms with Crippen molar-refractivity contribution in [3.63, 3.8) is 0 Å². The number of likely N-dealkylation sites (N-methyl/N-ethyl adjacent to an activating group) is 1. The number of carboxylic acids is 2. The number of thiophene rings is 1. The van der Waals surface area contributed by atoms with Gasteiger partial charge < -0.3 is 19.8 Å². The Morgan fingerprint density at radius 2 is 1.70 bits per heavy atom. The quantitative estimate of drug-likeness (QED) is 0.603. The molecule has 2 saturated heterocycles. The molecule has 1 aromatic heterocycles. The smallest absolute Gasteiger partial charge is 0.475 e. The maximum absolute atomic E-state index is 10.6. The van der Waals surface area contributed by atoms with Crippen LogP contribution < -0.4 is 0 Å². The number of hydrogen-bond donors (Lipinski definition) is 2. The van der Waals surface area contributed by atoms with Crippen LogP contribution in [0.25, 0.3) is 0 Å². The number of fused-ring (bicyclic) bond motifs is 1. The van der Waals surface area contributed by atoms with E-state index in [-0.39, 0.29) is 0 Å². The average Bonchev–Trinajstić information content (AvgIpc) is 3.31. The van der Waals surface area contributed by atoms with Crippen molar-refractivity contribution >= 4 is 23.3 Å². The molecule has 0 bridgehead atoms. The van der Waals surface area contributed by atoms with Gasteiger partial charge in [0.1, 0.15) is 0 Å². The van der Waals surface area contributed by atoms with Gasteiger partial charge in [0.15, 0.2) is 0 Å². The Kier molecular flexibility index (Phi) is 11.1. The minimum atomic E-state index is -5.08.